The first-order valence-corrected chi connectivity index (χ1v) is 11.1. The minimum absolute atomic E-state index is 0.0444. The maximum atomic E-state index is 12.7. The highest BCUT2D eigenvalue weighted by Gasteiger charge is 2.17. The molecule has 2 aromatic carbocycles. The quantitative estimate of drug-likeness (QED) is 0.487. The Morgan fingerprint density at radius 3 is 2.39 bits per heavy atom. The Labute approximate surface area is 179 Å². The number of nitrogens with zero attached hydrogens (tertiary/aromatic N) is 2. The SMILES string of the molecule is Cc1cc(NS(=O)(=O)c2ccc(NC(=O)c3ccc4c(c3)c(C)c(C)n4C)cc2)no1. The number of rotatable bonds is 5. The zero-order valence-corrected chi connectivity index (χ0v) is 18.4. The van der Waals surface area contributed by atoms with Gasteiger partial charge < -0.3 is 14.4 Å². The predicted octanol–water partition coefficient (Wildman–Crippen LogP) is 4.14. The Kier molecular flexibility index (Phi) is 5.06. The van der Waals surface area contributed by atoms with Crippen molar-refractivity contribution in [2.45, 2.75) is 25.7 Å². The average molecular weight is 439 g/mol. The number of aryl methyl sites for hydroxylation is 3. The van der Waals surface area contributed by atoms with Crippen LogP contribution in [0.3, 0.4) is 0 Å². The van der Waals surface area contributed by atoms with Gasteiger partial charge in [0, 0.05) is 41.0 Å². The Morgan fingerprint density at radius 2 is 1.74 bits per heavy atom. The topological polar surface area (TPSA) is 106 Å². The summed E-state index contributed by atoms with van der Waals surface area (Å²) in [6.45, 7) is 5.75. The van der Waals surface area contributed by atoms with Crippen LogP contribution >= 0.6 is 0 Å². The lowest BCUT2D eigenvalue weighted by molar-refractivity contribution is 0.102. The van der Waals surface area contributed by atoms with Crippen LogP contribution in [0.25, 0.3) is 10.9 Å². The molecular weight excluding hydrogens is 416 g/mol. The number of amides is 1. The number of benzene rings is 2. The summed E-state index contributed by atoms with van der Waals surface area (Å²) in [7, 11) is -1.82. The number of aromatic nitrogens is 2. The molecular formula is C22H22N4O4S. The number of hydrogen-bond acceptors (Lipinski definition) is 5. The van der Waals surface area contributed by atoms with Crippen molar-refractivity contribution in [1.29, 1.82) is 0 Å². The van der Waals surface area contributed by atoms with Crippen LogP contribution in [0, 0.1) is 20.8 Å². The summed E-state index contributed by atoms with van der Waals surface area (Å²) in [6.07, 6.45) is 0. The van der Waals surface area contributed by atoms with E-state index in [-0.39, 0.29) is 16.6 Å². The molecule has 160 valence electrons. The molecule has 31 heavy (non-hydrogen) atoms. The van der Waals surface area contributed by atoms with Gasteiger partial charge in [0.05, 0.1) is 4.90 Å². The van der Waals surface area contributed by atoms with Gasteiger partial charge >= 0.3 is 0 Å². The lowest BCUT2D eigenvalue weighted by Crippen LogP contribution is -2.14. The van der Waals surface area contributed by atoms with Crippen molar-refractivity contribution in [3.63, 3.8) is 0 Å². The zero-order valence-electron chi connectivity index (χ0n) is 17.6. The highest BCUT2D eigenvalue weighted by Crippen LogP contribution is 2.26. The first kappa shape index (κ1) is 20.7. The third-order valence-corrected chi connectivity index (χ3v) is 6.73. The standard InChI is InChI=1S/C22H22N4O4S/c1-13-11-21(24-30-13)25-31(28,29)18-8-6-17(7-9-18)23-22(27)16-5-10-20-19(12-16)14(2)15(3)26(20)4/h5-12H,1-4H3,(H,23,27)(H,24,25). The van der Waals surface area contributed by atoms with E-state index >= 15 is 0 Å². The largest absolute Gasteiger partial charge is 0.360 e. The van der Waals surface area contributed by atoms with Crippen LogP contribution in [-0.2, 0) is 17.1 Å². The van der Waals surface area contributed by atoms with Gasteiger partial charge in [0.25, 0.3) is 15.9 Å². The van der Waals surface area contributed by atoms with Crippen molar-refractivity contribution in [3.8, 4) is 0 Å². The molecule has 8 nitrogen and oxygen atoms in total. The average Bonchev–Trinajstić information content (AvgIpc) is 3.24. The van der Waals surface area contributed by atoms with Gasteiger partial charge in [-0.3, -0.25) is 9.52 Å². The van der Waals surface area contributed by atoms with Crippen LogP contribution in [0.2, 0.25) is 0 Å². The summed E-state index contributed by atoms with van der Waals surface area (Å²) < 4.78 is 34.3. The monoisotopic (exact) mass is 438 g/mol. The third-order valence-electron chi connectivity index (χ3n) is 5.36. The van der Waals surface area contributed by atoms with Crippen molar-refractivity contribution in [1.82, 2.24) is 9.72 Å². The lowest BCUT2D eigenvalue weighted by Gasteiger charge is -2.08. The van der Waals surface area contributed by atoms with E-state index in [1.54, 1.807) is 13.0 Å². The van der Waals surface area contributed by atoms with Gasteiger partial charge in [0.1, 0.15) is 5.76 Å². The van der Waals surface area contributed by atoms with E-state index < -0.39 is 10.0 Å². The Morgan fingerprint density at radius 1 is 1.03 bits per heavy atom. The minimum Gasteiger partial charge on any atom is -0.360 e. The smallest absolute Gasteiger partial charge is 0.263 e. The molecule has 4 aromatic rings. The maximum Gasteiger partial charge on any atom is 0.263 e. The van der Waals surface area contributed by atoms with Crippen LogP contribution in [0.4, 0.5) is 11.5 Å². The van der Waals surface area contributed by atoms with Crippen molar-refractivity contribution < 1.29 is 17.7 Å². The maximum absolute atomic E-state index is 12.7. The summed E-state index contributed by atoms with van der Waals surface area (Å²) in [6, 6.07) is 13.0. The highest BCUT2D eigenvalue weighted by atomic mass is 32.2. The second-order valence-corrected chi connectivity index (χ2v) is 9.09. The number of carbonyl (C=O) groups excluding carboxylic acids is 1. The molecule has 0 aliphatic heterocycles. The molecule has 2 heterocycles. The van der Waals surface area contributed by atoms with Gasteiger partial charge in [-0.25, -0.2) is 8.42 Å². The first-order chi connectivity index (χ1) is 14.7. The van der Waals surface area contributed by atoms with Gasteiger partial charge in [-0.1, -0.05) is 5.16 Å². The van der Waals surface area contributed by atoms with Crippen LogP contribution < -0.4 is 10.0 Å². The van der Waals surface area contributed by atoms with E-state index in [9.17, 15) is 13.2 Å². The van der Waals surface area contributed by atoms with Gasteiger partial charge in [-0.05, 0) is 68.8 Å². The number of carbonyl (C=O) groups is 1. The lowest BCUT2D eigenvalue weighted by atomic mass is 10.1. The predicted molar refractivity (Wildman–Crippen MR) is 119 cm³/mol. The first-order valence-electron chi connectivity index (χ1n) is 9.59. The Bertz CT molecular complexity index is 1400. The number of hydrogen-bond donors (Lipinski definition) is 2. The van der Waals surface area contributed by atoms with Crippen LogP contribution in [0.1, 0.15) is 27.4 Å². The zero-order chi connectivity index (χ0) is 22.3. The number of anilines is 2. The molecule has 0 spiro atoms. The van der Waals surface area contributed by atoms with Gasteiger partial charge in [0.2, 0.25) is 0 Å². The van der Waals surface area contributed by atoms with E-state index in [4.69, 9.17) is 4.52 Å². The molecule has 0 saturated carbocycles. The summed E-state index contributed by atoms with van der Waals surface area (Å²) in [5.74, 6) is 0.334. The second-order valence-electron chi connectivity index (χ2n) is 7.41. The summed E-state index contributed by atoms with van der Waals surface area (Å²) in [5, 5.41) is 7.47. The molecule has 0 aliphatic carbocycles. The Hall–Kier alpha value is -3.59. The molecule has 9 heteroatoms. The summed E-state index contributed by atoms with van der Waals surface area (Å²) in [5.41, 5.74) is 4.37. The molecule has 0 radical (unpaired) electrons. The Balaban J connectivity index is 1.51. The fourth-order valence-electron chi connectivity index (χ4n) is 3.43. The highest BCUT2D eigenvalue weighted by molar-refractivity contribution is 7.92. The van der Waals surface area contributed by atoms with Gasteiger partial charge in [-0.2, -0.15) is 0 Å². The van der Waals surface area contributed by atoms with Crippen LogP contribution in [-0.4, -0.2) is 24.0 Å². The van der Waals surface area contributed by atoms with Crippen molar-refractivity contribution in [2.75, 3.05) is 10.0 Å². The van der Waals surface area contributed by atoms with E-state index in [0.717, 1.165) is 22.2 Å². The minimum atomic E-state index is -3.82. The van der Waals surface area contributed by atoms with Crippen LogP contribution in [0.5, 0.6) is 0 Å². The van der Waals surface area contributed by atoms with E-state index in [0.29, 0.717) is 17.0 Å². The number of nitrogens with one attached hydrogen (secondary N) is 2. The van der Waals surface area contributed by atoms with E-state index in [1.807, 2.05) is 33.0 Å². The second kappa shape index (κ2) is 7.59. The third kappa shape index (κ3) is 3.91. The number of sulfonamides is 1. The normalized spacial score (nSPS) is 11.6. The van der Waals surface area contributed by atoms with E-state index in [2.05, 4.69) is 19.8 Å². The van der Waals surface area contributed by atoms with Crippen molar-refractivity contribution in [3.05, 3.63) is 71.1 Å². The van der Waals surface area contributed by atoms with Crippen LogP contribution in [0.15, 0.2) is 57.9 Å². The fourth-order valence-corrected chi connectivity index (χ4v) is 4.41. The molecule has 0 bridgehead atoms. The van der Waals surface area contributed by atoms with Gasteiger partial charge in [-0.15, -0.1) is 0 Å². The number of fused-ring (bicyclic) bond motifs is 1. The van der Waals surface area contributed by atoms with Crippen molar-refractivity contribution in [2.24, 2.45) is 7.05 Å². The van der Waals surface area contributed by atoms with Gasteiger partial charge in [0.15, 0.2) is 5.82 Å². The molecule has 0 aliphatic rings. The van der Waals surface area contributed by atoms with E-state index in [1.165, 1.54) is 30.3 Å². The molecule has 2 aromatic heterocycles. The molecule has 0 saturated heterocycles. The molecule has 0 fully saturated rings. The van der Waals surface area contributed by atoms with Crippen molar-refractivity contribution >= 4 is 38.3 Å². The molecule has 2 N–H and O–H groups in total. The molecule has 0 unspecified atom stereocenters. The summed E-state index contributed by atoms with van der Waals surface area (Å²) >= 11 is 0. The molecule has 0 atom stereocenters. The molecule has 1 amide bonds. The summed E-state index contributed by atoms with van der Waals surface area (Å²) in [4.78, 5) is 12.8. The fraction of sp³-hybridized carbons (Fsp3) is 0.182. The molecule has 4 rings (SSSR count).